The molecule has 0 aliphatic carbocycles. The average Bonchev–Trinajstić information content (AvgIpc) is 2.91. The summed E-state index contributed by atoms with van der Waals surface area (Å²) in [6, 6.07) is 8.81. The van der Waals surface area contributed by atoms with E-state index in [-0.39, 0.29) is 0 Å². The van der Waals surface area contributed by atoms with E-state index in [1.54, 1.807) is 0 Å². The van der Waals surface area contributed by atoms with E-state index in [0.717, 1.165) is 34.8 Å². The first-order chi connectivity index (χ1) is 11.9. The minimum atomic E-state index is -1.11. The van der Waals surface area contributed by atoms with Crippen LogP contribution in [0.4, 0.5) is 0 Å². The van der Waals surface area contributed by atoms with Crippen molar-refractivity contribution in [3.63, 3.8) is 0 Å². The number of hydrogen-bond donors (Lipinski definition) is 0. The van der Waals surface area contributed by atoms with E-state index in [9.17, 15) is 0 Å². The highest BCUT2D eigenvalue weighted by molar-refractivity contribution is 6.76. The first-order valence-electron chi connectivity index (χ1n) is 8.19. The molecule has 0 radical (unpaired) electrons. The van der Waals surface area contributed by atoms with Crippen molar-refractivity contribution >= 4 is 42.3 Å². The van der Waals surface area contributed by atoms with Gasteiger partial charge in [0.2, 0.25) is 0 Å². The van der Waals surface area contributed by atoms with Crippen molar-refractivity contribution in [2.75, 3.05) is 6.61 Å². The van der Waals surface area contributed by atoms with Gasteiger partial charge in [-0.3, -0.25) is 0 Å². The highest BCUT2D eigenvalue weighted by atomic mass is 35.5. The van der Waals surface area contributed by atoms with Crippen LogP contribution >= 0.6 is 23.2 Å². The van der Waals surface area contributed by atoms with Crippen molar-refractivity contribution in [2.24, 2.45) is 0 Å². The van der Waals surface area contributed by atoms with Gasteiger partial charge in [0.15, 0.2) is 0 Å². The second-order valence-corrected chi connectivity index (χ2v) is 13.6. The van der Waals surface area contributed by atoms with Crippen LogP contribution < -0.4 is 0 Å². The van der Waals surface area contributed by atoms with Crippen molar-refractivity contribution in [3.05, 3.63) is 47.0 Å². The third-order valence-corrected chi connectivity index (χ3v) is 6.32. The molecule has 0 aliphatic rings. The van der Waals surface area contributed by atoms with E-state index in [2.05, 4.69) is 29.6 Å². The summed E-state index contributed by atoms with van der Waals surface area (Å²) in [5, 5.41) is 1.88. The van der Waals surface area contributed by atoms with Crippen LogP contribution in [0.2, 0.25) is 35.9 Å². The van der Waals surface area contributed by atoms with Gasteiger partial charge in [-0.05, 0) is 12.1 Å². The topological polar surface area (TPSA) is 39.9 Å². The lowest BCUT2D eigenvalue weighted by molar-refractivity contribution is 0.0899. The van der Waals surface area contributed by atoms with Crippen LogP contribution in [0.15, 0.2) is 36.8 Å². The van der Waals surface area contributed by atoms with Crippen LogP contribution in [0.25, 0.3) is 22.2 Å². The van der Waals surface area contributed by atoms with Crippen molar-refractivity contribution in [2.45, 2.75) is 32.4 Å². The molecular weight excluding hydrogens is 373 g/mol. The summed E-state index contributed by atoms with van der Waals surface area (Å²) < 4.78 is 7.85. The Balaban J connectivity index is 1.95. The third-order valence-electron chi connectivity index (χ3n) is 4.00. The number of halogens is 2. The van der Waals surface area contributed by atoms with Crippen molar-refractivity contribution in [1.82, 2.24) is 14.5 Å². The maximum atomic E-state index is 6.38. The molecule has 4 nitrogen and oxygen atoms in total. The molecule has 2 aromatic heterocycles. The molecule has 0 unspecified atom stereocenters. The van der Waals surface area contributed by atoms with Gasteiger partial charge in [0.1, 0.15) is 23.9 Å². The number of aromatic nitrogens is 3. The number of nitrogens with zero attached hydrogens (tertiary/aromatic N) is 3. The minimum absolute atomic E-state index is 0.417. The molecule has 0 aliphatic heterocycles. The van der Waals surface area contributed by atoms with Crippen LogP contribution in [0, 0.1) is 0 Å². The number of ether oxygens (including phenoxy) is 1. The monoisotopic (exact) mass is 393 g/mol. The molecule has 0 saturated carbocycles. The summed E-state index contributed by atoms with van der Waals surface area (Å²) in [5.41, 5.74) is 2.58. The van der Waals surface area contributed by atoms with Crippen LogP contribution in [0.3, 0.4) is 0 Å². The summed E-state index contributed by atoms with van der Waals surface area (Å²) in [5.74, 6) is 0. The second-order valence-electron chi connectivity index (χ2n) is 7.20. The zero-order chi connectivity index (χ0) is 18.0. The molecule has 0 spiro atoms. The summed E-state index contributed by atoms with van der Waals surface area (Å²) >= 11 is 12.7. The lowest BCUT2D eigenvalue weighted by Gasteiger charge is -2.15. The van der Waals surface area contributed by atoms with Crippen LogP contribution in [0.5, 0.6) is 0 Å². The predicted molar refractivity (Wildman–Crippen MR) is 107 cm³/mol. The van der Waals surface area contributed by atoms with Gasteiger partial charge in [-0.25, -0.2) is 9.97 Å². The summed E-state index contributed by atoms with van der Waals surface area (Å²) in [4.78, 5) is 8.53. The fourth-order valence-corrected chi connectivity index (χ4v) is 3.83. The van der Waals surface area contributed by atoms with Crippen molar-refractivity contribution in [1.29, 1.82) is 0 Å². The standard InChI is InChI=1S/C18H21Cl2N3OSi/c1-25(2,3)9-8-24-12-23-10-14(13-6-4-5-7-15(13)19)16-17(20)21-11-22-18(16)23/h4-7,10-11H,8-9,12H2,1-3H3. The van der Waals surface area contributed by atoms with Gasteiger partial charge in [0.05, 0.1) is 5.39 Å². The van der Waals surface area contributed by atoms with Gasteiger partial charge in [0, 0.05) is 37.0 Å². The minimum Gasteiger partial charge on any atom is -0.361 e. The molecule has 0 saturated heterocycles. The molecule has 0 amide bonds. The Hall–Kier alpha value is -1.40. The van der Waals surface area contributed by atoms with Gasteiger partial charge < -0.3 is 9.30 Å². The van der Waals surface area contributed by atoms with Gasteiger partial charge in [-0.1, -0.05) is 61.0 Å². The van der Waals surface area contributed by atoms with Crippen LogP contribution in [0.1, 0.15) is 0 Å². The van der Waals surface area contributed by atoms with Gasteiger partial charge >= 0.3 is 0 Å². The molecule has 132 valence electrons. The highest BCUT2D eigenvalue weighted by Crippen LogP contribution is 2.36. The Morgan fingerprint density at radius 2 is 1.84 bits per heavy atom. The fourth-order valence-electron chi connectivity index (χ4n) is 2.61. The maximum Gasteiger partial charge on any atom is 0.147 e. The number of hydrogen-bond acceptors (Lipinski definition) is 3. The van der Waals surface area contributed by atoms with E-state index in [1.165, 1.54) is 6.33 Å². The van der Waals surface area contributed by atoms with E-state index in [4.69, 9.17) is 27.9 Å². The first-order valence-corrected chi connectivity index (χ1v) is 12.6. The largest absolute Gasteiger partial charge is 0.361 e. The Kier molecular flexibility index (Phi) is 5.48. The molecule has 7 heteroatoms. The van der Waals surface area contributed by atoms with Crippen LogP contribution in [-0.4, -0.2) is 29.2 Å². The lowest BCUT2D eigenvalue weighted by atomic mass is 10.1. The van der Waals surface area contributed by atoms with Crippen molar-refractivity contribution in [3.8, 4) is 11.1 Å². The molecule has 25 heavy (non-hydrogen) atoms. The maximum absolute atomic E-state index is 6.38. The summed E-state index contributed by atoms with van der Waals surface area (Å²) in [6.45, 7) is 8.19. The molecule has 3 rings (SSSR count). The van der Waals surface area contributed by atoms with Gasteiger partial charge in [0.25, 0.3) is 0 Å². The molecule has 2 heterocycles. The Morgan fingerprint density at radius 1 is 1.08 bits per heavy atom. The third kappa shape index (κ3) is 4.23. The summed E-state index contributed by atoms with van der Waals surface area (Å²) in [6.07, 6.45) is 3.46. The molecule has 3 aromatic rings. The van der Waals surface area contributed by atoms with E-state index in [1.807, 2.05) is 35.0 Å². The normalized spacial score (nSPS) is 12.0. The molecule has 1 aromatic carbocycles. The van der Waals surface area contributed by atoms with Gasteiger partial charge in [-0.15, -0.1) is 0 Å². The Bertz CT molecular complexity index is 890. The highest BCUT2D eigenvalue weighted by Gasteiger charge is 2.17. The molecule has 0 atom stereocenters. The molecule has 0 fully saturated rings. The first kappa shape index (κ1) is 18.4. The molecule has 0 bridgehead atoms. The van der Waals surface area contributed by atoms with Gasteiger partial charge in [-0.2, -0.15) is 0 Å². The number of benzene rings is 1. The van der Waals surface area contributed by atoms with Crippen molar-refractivity contribution < 1.29 is 4.74 Å². The fraction of sp³-hybridized carbons (Fsp3) is 0.333. The Labute approximate surface area is 158 Å². The van der Waals surface area contributed by atoms with E-state index >= 15 is 0 Å². The predicted octanol–water partition coefficient (Wildman–Crippen LogP) is 5.72. The molecule has 0 N–H and O–H groups in total. The zero-order valence-corrected chi connectivity index (χ0v) is 17.1. The Morgan fingerprint density at radius 3 is 2.56 bits per heavy atom. The quantitative estimate of drug-likeness (QED) is 0.305. The van der Waals surface area contributed by atoms with E-state index < -0.39 is 8.07 Å². The van der Waals surface area contributed by atoms with Crippen LogP contribution in [-0.2, 0) is 11.5 Å². The van der Waals surface area contributed by atoms with E-state index in [0.29, 0.717) is 16.9 Å². The number of fused-ring (bicyclic) bond motifs is 1. The SMILES string of the molecule is C[Si](C)(C)CCOCn1cc(-c2ccccc2Cl)c2c(Cl)ncnc21. The molecular formula is C18H21Cl2N3OSi. The smallest absolute Gasteiger partial charge is 0.147 e. The zero-order valence-electron chi connectivity index (χ0n) is 14.6. The lowest BCUT2D eigenvalue weighted by Crippen LogP contribution is -2.22. The average molecular weight is 394 g/mol. The number of rotatable bonds is 6. The summed E-state index contributed by atoms with van der Waals surface area (Å²) in [7, 11) is -1.11. The second kappa shape index (κ2) is 7.46.